The molecule has 1 aromatic carbocycles. The van der Waals surface area contributed by atoms with Gasteiger partial charge in [0.25, 0.3) is 0 Å². The van der Waals surface area contributed by atoms with E-state index in [1.54, 1.807) is 9.80 Å². The van der Waals surface area contributed by atoms with Gasteiger partial charge in [0.2, 0.25) is 11.8 Å². The van der Waals surface area contributed by atoms with E-state index in [4.69, 9.17) is 5.26 Å². The summed E-state index contributed by atoms with van der Waals surface area (Å²) in [6.45, 7) is 1.76. The Morgan fingerprint density at radius 3 is 2.68 bits per heavy atom. The number of carbonyl (C=O) groups is 2. The molecule has 114 valence electrons. The van der Waals surface area contributed by atoms with Gasteiger partial charge in [0.1, 0.15) is 5.92 Å². The van der Waals surface area contributed by atoms with Gasteiger partial charge in [-0.1, -0.05) is 18.2 Å². The second-order valence-corrected chi connectivity index (χ2v) is 5.71. The summed E-state index contributed by atoms with van der Waals surface area (Å²) in [5.74, 6) is -0.969. The molecule has 6 heteroatoms. The van der Waals surface area contributed by atoms with E-state index in [9.17, 15) is 9.59 Å². The maximum absolute atomic E-state index is 12.4. The number of amides is 2. The zero-order valence-electron chi connectivity index (χ0n) is 12.2. The zero-order chi connectivity index (χ0) is 15.5. The molecule has 2 unspecified atom stereocenters. The van der Waals surface area contributed by atoms with Crippen molar-refractivity contribution in [2.24, 2.45) is 5.92 Å². The van der Waals surface area contributed by atoms with Crippen molar-refractivity contribution in [2.45, 2.75) is 18.9 Å². The maximum atomic E-state index is 12.4. The zero-order valence-corrected chi connectivity index (χ0v) is 12.2. The minimum absolute atomic E-state index is 0.0364. The van der Waals surface area contributed by atoms with E-state index >= 15 is 0 Å². The number of nitriles is 1. The van der Waals surface area contributed by atoms with E-state index in [1.165, 1.54) is 0 Å². The minimum Gasteiger partial charge on any atom is -0.351 e. The highest BCUT2D eigenvalue weighted by Crippen LogP contribution is 2.25. The number of rotatable bonds is 3. The lowest BCUT2D eigenvalue weighted by atomic mass is 10.1. The highest BCUT2D eigenvalue weighted by molar-refractivity contribution is 6.09. The van der Waals surface area contributed by atoms with E-state index in [0.717, 1.165) is 12.1 Å². The van der Waals surface area contributed by atoms with Gasteiger partial charge in [-0.3, -0.25) is 9.59 Å². The second-order valence-electron chi connectivity index (χ2n) is 5.71. The lowest BCUT2D eigenvalue weighted by molar-refractivity contribution is -0.132. The van der Waals surface area contributed by atoms with Crippen LogP contribution in [0.4, 0.5) is 5.69 Å². The Balaban J connectivity index is 1.61. The molecular formula is C16H18N4O2. The average Bonchev–Trinajstić information content (AvgIpc) is 3.14. The summed E-state index contributed by atoms with van der Waals surface area (Å²) in [4.78, 5) is 28.1. The number of benzene rings is 1. The Labute approximate surface area is 129 Å². The standard InChI is InChI=1S/C16H18N4O2/c17-11-19-8-6-12(10-19)18-15(21)14-7-9-20(16(14)22)13-4-2-1-3-5-13/h1-5,12,14H,6-10H2,(H,18,21). The van der Waals surface area contributed by atoms with Crippen molar-refractivity contribution in [3.05, 3.63) is 30.3 Å². The molecule has 2 heterocycles. The molecule has 2 aliphatic rings. The van der Waals surface area contributed by atoms with Crippen LogP contribution in [0.25, 0.3) is 0 Å². The lowest BCUT2D eigenvalue weighted by Crippen LogP contribution is -2.42. The van der Waals surface area contributed by atoms with Gasteiger partial charge in [-0.25, -0.2) is 0 Å². The number of carbonyl (C=O) groups excluding carboxylic acids is 2. The quantitative estimate of drug-likeness (QED) is 0.658. The molecule has 0 aromatic heterocycles. The fraction of sp³-hybridized carbons (Fsp3) is 0.438. The number of para-hydroxylation sites is 1. The fourth-order valence-electron chi connectivity index (χ4n) is 3.06. The molecular weight excluding hydrogens is 280 g/mol. The largest absolute Gasteiger partial charge is 0.351 e. The molecule has 0 radical (unpaired) electrons. The van der Waals surface area contributed by atoms with Gasteiger partial charge in [0.15, 0.2) is 6.19 Å². The summed E-state index contributed by atoms with van der Waals surface area (Å²) >= 11 is 0. The molecule has 2 amide bonds. The number of hydrogen-bond acceptors (Lipinski definition) is 4. The summed E-state index contributed by atoms with van der Waals surface area (Å²) in [5, 5.41) is 11.7. The maximum Gasteiger partial charge on any atom is 0.239 e. The van der Waals surface area contributed by atoms with E-state index in [2.05, 4.69) is 11.5 Å². The molecule has 0 aliphatic carbocycles. The molecule has 0 spiro atoms. The van der Waals surface area contributed by atoms with Gasteiger partial charge in [-0.2, -0.15) is 5.26 Å². The van der Waals surface area contributed by atoms with E-state index in [-0.39, 0.29) is 17.9 Å². The van der Waals surface area contributed by atoms with Crippen LogP contribution in [0.2, 0.25) is 0 Å². The van der Waals surface area contributed by atoms with Crippen LogP contribution in [0.15, 0.2) is 30.3 Å². The fourth-order valence-corrected chi connectivity index (χ4v) is 3.06. The first-order valence-corrected chi connectivity index (χ1v) is 7.50. The molecule has 3 rings (SSSR count). The van der Waals surface area contributed by atoms with Crippen LogP contribution >= 0.6 is 0 Å². The molecule has 6 nitrogen and oxygen atoms in total. The van der Waals surface area contributed by atoms with Gasteiger partial charge >= 0.3 is 0 Å². The monoisotopic (exact) mass is 298 g/mol. The van der Waals surface area contributed by atoms with E-state index in [0.29, 0.717) is 26.1 Å². The molecule has 1 aromatic rings. The Kier molecular flexibility index (Phi) is 3.96. The van der Waals surface area contributed by atoms with Gasteiger partial charge in [-0.05, 0) is 25.0 Å². The third kappa shape index (κ3) is 2.75. The van der Waals surface area contributed by atoms with Crippen LogP contribution < -0.4 is 10.2 Å². The summed E-state index contributed by atoms with van der Waals surface area (Å²) < 4.78 is 0. The van der Waals surface area contributed by atoms with Crippen molar-refractivity contribution in [3.63, 3.8) is 0 Å². The molecule has 2 aliphatic heterocycles. The molecule has 2 saturated heterocycles. The van der Waals surface area contributed by atoms with Crippen molar-refractivity contribution in [3.8, 4) is 6.19 Å². The minimum atomic E-state index is -0.614. The van der Waals surface area contributed by atoms with Crippen molar-refractivity contribution in [2.75, 3.05) is 24.5 Å². The number of hydrogen-bond donors (Lipinski definition) is 1. The van der Waals surface area contributed by atoms with Crippen LogP contribution in [0.5, 0.6) is 0 Å². The normalized spacial score (nSPS) is 24.4. The lowest BCUT2D eigenvalue weighted by Gasteiger charge is -2.18. The molecule has 0 bridgehead atoms. The Bertz CT molecular complexity index is 610. The van der Waals surface area contributed by atoms with Crippen molar-refractivity contribution in [1.29, 1.82) is 5.26 Å². The summed E-state index contributed by atoms with van der Waals surface area (Å²) in [6.07, 6.45) is 3.37. The van der Waals surface area contributed by atoms with E-state index in [1.807, 2.05) is 30.3 Å². The van der Waals surface area contributed by atoms with Crippen LogP contribution in [0.3, 0.4) is 0 Å². The molecule has 22 heavy (non-hydrogen) atoms. The molecule has 1 N–H and O–H groups in total. The molecule has 0 saturated carbocycles. The highest BCUT2D eigenvalue weighted by Gasteiger charge is 2.38. The SMILES string of the molecule is N#CN1CCC(NC(=O)C2CCN(c3ccccc3)C2=O)C1. The first-order chi connectivity index (χ1) is 10.7. The Hall–Kier alpha value is -2.55. The highest BCUT2D eigenvalue weighted by atomic mass is 16.2. The van der Waals surface area contributed by atoms with E-state index < -0.39 is 5.92 Å². The molecule has 2 fully saturated rings. The number of likely N-dealkylation sites (tertiary alicyclic amines) is 1. The van der Waals surface area contributed by atoms with Crippen LogP contribution in [-0.2, 0) is 9.59 Å². The first kappa shape index (κ1) is 14.4. The van der Waals surface area contributed by atoms with Gasteiger partial charge < -0.3 is 15.1 Å². The smallest absolute Gasteiger partial charge is 0.239 e. The van der Waals surface area contributed by atoms with Crippen molar-refractivity contribution < 1.29 is 9.59 Å². The van der Waals surface area contributed by atoms with Gasteiger partial charge in [0.05, 0.1) is 0 Å². The summed E-state index contributed by atoms with van der Waals surface area (Å²) in [6, 6.07) is 9.37. The van der Waals surface area contributed by atoms with Gasteiger partial charge in [-0.15, -0.1) is 0 Å². The Morgan fingerprint density at radius 1 is 1.23 bits per heavy atom. The predicted molar refractivity (Wildman–Crippen MR) is 80.6 cm³/mol. The topological polar surface area (TPSA) is 76.4 Å². The number of nitrogens with one attached hydrogen (secondary N) is 1. The van der Waals surface area contributed by atoms with Crippen molar-refractivity contribution >= 4 is 17.5 Å². The van der Waals surface area contributed by atoms with Crippen LogP contribution in [-0.4, -0.2) is 42.4 Å². The third-order valence-electron chi connectivity index (χ3n) is 4.27. The van der Waals surface area contributed by atoms with Crippen molar-refractivity contribution in [1.82, 2.24) is 10.2 Å². The molecule has 2 atom stereocenters. The van der Waals surface area contributed by atoms with Gasteiger partial charge in [0, 0.05) is 31.4 Å². The number of anilines is 1. The third-order valence-corrected chi connectivity index (χ3v) is 4.27. The average molecular weight is 298 g/mol. The second kappa shape index (κ2) is 6.06. The summed E-state index contributed by atoms with van der Waals surface area (Å²) in [5.41, 5.74) is 0.833. The summed E-state index contributed by atoms with van der Waals surface area (Å²) in [7, 11) is 0. The first-order valence-electron chi connectivity index (χ1n) is 7.50. The van der Waals surface area contributed by atoms with Crippen LogP contribution in [0.1, 0.15) is 12.8 Å². The number of nitrogens with zero attached hydrogens (tertiary/aromatic N) is 3. The van der Waals surface area contributed by atoms with Crippen LogP contribution in [0, 0.1) is 17.4 Å². The Morgan fingerprint density at radius 2 is 2.00 bits per heavy atom. The predicted octanol–water partition coefficient (Wildman–Crippen LogP) is 0.711.